The van der Waals surface area contributed by atoms with Crippen molar-refractivity contribution in [3.05, 3.63) is 47.0 Å². The van der Waals surface area contributed by atoms with Gasteiger partial charge in [0.25, 0.3) is 0 Å². The first-order valence-electron chi connectivity index (χ1n) is 7.56. The van der Waals surface area contributed by atoms with Gasteiger partial charge in [-0.1, -0.05) is 55.9 Å². The van der Waals surface area contributed by atoms with Crippen LogP contribution in [-0.4, -0.2) is 35.6 Å². The number of thioether (sulfide) groups is 1. The first-order chi connectivity index (χ1) is 10.6. The zero-order valence-corrected chi connectivity index (χ0v) is 13.8. The summed E-state index contributed by atoms with van der Waals surface area (Å²) < 4.78 is 0. The molecule has 1 amide bonds. The second-order valence-electron chi connectivity index (χ2n) is 6.25. The highest BCUT2D eigenvalue weighted by molar-refractivity contribution is 8.16. The lowest BCUT2D eigenvalue weighted by Crippen LogP contribution is -2.35. The Kier molecular flexibility index (Phi) is 4.25. The van der Waals surface area contributed by atoms with Crippen molar-refractivity contribution < 1.29 is 4.79 Å². The summed E-state index contributed by atoms with van der Waals surface area (Å²) in [5.74, 6) is 0.0874. The van der Waals surface area contributed by atoms with Crippen molar-refractivity contribution in [2.45, 2.75) is 25.7 Å². The van der Waals surface area contributed by atoms with Gasteiger partial charge in [-0.3, -0.25) is 9.79 Å². The van der Waals surface area contributed by atoms with Crippen molar-refractivity contribution in [2.24, 2.45) is 4.99 Å². The maximum absolute atomic E-state index is 12.3. The van der Waals surface area contributed by atoms with E-state index in [0.717, 1.165) is 24.0 Å². The molecule has 0 radical (unpaired) electrons. The first-order valence-corrected chi connectivity index (χ1v) is 8.44. The minimum absolute atomic E-state index is 0.0874. The van der Waals surface area contributed by atoms with Crippen molar-refractivity contribution in [3.63, 3.8) is 0 Å². The molecule has 0 bridgehead atoms. The molecule has 5 heteroatoms. The van der Waals surface area contributed by atoms with E-state index >= 15 is 0 Å². The molecule has 22 heavy (non-hydrogen) atoms. The number of rotatable bonds is 5. The number of aliphatic imine (C=N–C) groups is 1. The van der Waals surface area contributed by atoms with Gasteiger partial charge in [0.2, 0.25) is 5.91 Å². The van der Waals surface area contributed by atoms with Crippen molar-refractivity contribution in [1.82, 2.24) is 10.2 Å². The average Bonchev–Trinajstić information content (AvgIpc) is 3.09. The number of amides is 1. The van der Waals surface area contributed by atoms with Crippen LogP contribution in [0.1, 0.15) is 25.8 Å². The van der Waals surface area contributed by atoms with Gasteiger partial charge in [0.15, 0.2) is 5.17 Å². The SMILES string of the molecule is CC(C)(CC(=O)NCC1=CSC2=NCCN12)c1ccccc1. The summed E-state index contributed by atoms with van der Waals surface area (Å²) in [5.41, 5.74) is 2.17. The normalized spacial score (nSPS) is 17.1. The van der Waals surface area contributed by atoms with Gasteiger partial charge in [-0.25, -0.2) is 0 Å². The van der Waals surface area contributed by atoms with Crippen molar-refractivity contribution in [3.8, 4) is 0 Å². The largest absolute Gasteiger partial charge is 0.350 e. The quantitative estimate of drug-likeness (QED) is 0.908. The number of nitrogens with zero attached hydrogens (tertiary/aromatic N) is 2. The Balaban J connectivity index is 1.54. The molecule has 2 aliphatic rings. The smallest absolute Gasteiger partial charge is 0.221 e. The second kappa shape index (κ2) is 6.16. The lowest BCUT2D eigenvalue weighted by molar-refractivity contribution is -0.122. The van der Waals surface area contributed by atoms with E-state index in [1.54, 1.807) is 11.8 Å². The van der Waals surface area contributed by atoms with Crippen LogP contribution in [0.5, 0.6) is 0 Å². The van der Waals surface area contributed by atoms with Crippen LogP contribution in [0.2, 0.25) is 0 Å². The van der Waals surface area contributed by atoms with Crippen LogP contribution >= 0.6 is 11.8 Å². The Bertz CT molecular complexity index is 622. The van der Waals surface area contributed by atoms with E-state index in [1.165, 1.54) is 5.56 Å². The maximum Gasteiger partial charge on any atom is 0.221 e. The summed E-state index contributed by atoms with van der Waals surface area (Å²) in [6.45, 7) is 6.58. The van der Waals surface area contributed by atoms with Crippen LogP contribution < -0.4 is 5.32 Å². The molecule has 0 fully saturated rings. The molecule has 0 atom stereocenters. The van der Waals surface area contributed by atoms with Crippen LogP contribution in [-0.2, 0) is 10.2 Å². The molecular weight excluding hydrogens is 294 g/mol. The van der Waals surface area contributed by atoms with Crippen LogP contribution in [0.4, 0.5) is 0 Å². The van der Waals surface area contributed by atoms with E-state index in [9.17, 15) is 4.79 Å². The second-order valence-corrected chi connectivity index (χ2v) is 7.08. The summed E-state index contributed by atoms with van der Waals surface area (Å²) in [6, 6.07) is 10.2. The molecule has 4 nitrogen and oxygen atoms in total. The van der Waals surface area contributed by atoms with E-state index in [0.29, 0.717) is 13.0 Å². The first kappa shape index (κ1) is 15.2. The highest BCUT2D eigenvalue weighted by atomic mass is 32.2. The Morgan fingerprint density at radius 3 is 2.91 bits per heavy atom. The summed E-state index contributed by atoms with van der Waals surface area (Å²) in [4.78, 5) is 18.9. The van der Waals surface area contributed by atoms with E-state index in [-0.39, 0.29) is 11.3 Å². The van der Waals surface area contributed by atoms with Gasteiger partial charge in [-0.05, 0) is 11.0 Å². The fourth-order valence-electron chi connectivity index (χ4n) is 2.76. The van der Waals surface area contributed by atoms with Crippen molar-refractivity contribution >= 4 is 22.8 Å². The predicted molar refractivity (Wildman–Crippen MR) is 91.8 cm³/mol. The maximum atomic E-state index is 12.3. The minimum atomic E-state index is -0.162. The summed E-state index contributed by atoms with van der Waals surface area (Å²) in [5, 5.41) is 6.19. The fourth-order valence-corrected chi connectivity index (χ4v) is 3.71. The number of carbonyl (C=O) groups excluding carboxylic acids is 1. The predicted octanol–water partition coefficient (Wildman–Crippen LogP) is 2.73. The fraction of sp³-hybridized carbons (Fsp3) is 0.412. The lowest BCUT2D eigenvalue weighted by Gasteiger charge is -2.25. The standard InChI is InChI=1S/C17H21N3OS/c1-17(2,13-6-4-3-5-7-13)10-15(21)19-11-14-12-22-16-18-8-9-20(14)16/h3-7,12H,8-11H2,1-2H3,(H,19,21). The molecule has 0 saturated carbocycles. The zero-order valence-electron chi connectivity index (χ0n) is 13.0. The van der Waals surface area contributed by atoms with E-state index in [4.69, 9.17) is 0 Å². The number of nitrogens with one attached hydrogen (secondary N) is 1. The topological polar surface area (TPSA) is 44.7 Å². The van der Waals surface area contributed by atoms with E-state index in [2.05, 4.69) is 46.6 Å². The van der Waals surface area contributed by atoms with Gasteiger partial charge in [-0.15, -0.1) is 0 Å². The van der Waals surface area contributed by atoms with E-state index in [1.807, 2.05) is 18.2 Å². The number of amidine groups is 1. The third-order valence-electron chi connectivity index (χ3n) is 4.07. The molecule has 1 aromatic rings. The van der Waals surface area contributed by atoms with Crippen LogP contribution in [0.3, 0.4) is 0 Å². The number of fused-ring (bicyclic) bond motifs is 1. The van der Waals surface area contributed by atoms with Crippen molar-refractivity contribution in [2.75, 3.05) is 19.6 Å². The van der Waals surface area contributed by atoms with Crippen LogP contribution in [0.15, 0.2) is 46.4 Å². The molecule has 116 valence electrons. The molecule has 3 rings (SSSR count). The molecule has 1 aromatic carbocycles. The van der Waals surface area contributed by atoms with E-state index < -0.39 is 0 Å². The van der Waals surface area contributed by atoms with Crippen LogP contribution in [0, 0.1) is 0 Å². The number of hydrogen-bond donors (Lipinski definition) is 1. The Labute approximate surface area is 135 Å². The van der Waals surface area contributed by atoms with Gasteiger partial charge in [0.1, 0.15) is 0 Å². The summed E-state index contributed by atoms with van der Waals surface area (Å²) in [6.07, 6.45) is 0.485. The van der Waals surface area contributed by atoms with Gasteiger partial charge in [0.05, 0.1) is 13.1 Å². The highest BCUT2D eigenvalue weighted by Crippen LogP contribution is 2.29. The summed E-state index contributed by atoms with van der Waals surface area (Å²) in [7, 11) is 0. The molecular formula is C17H21N3OS. The number of benzene rings is 1. The molecule has 1 N–H and O–H groups in total. The molecule has 2 heterocycles. The van der Waals surface area contributed by atoms with Gasteiger partial charge >= 0.3 is 0 Å². The molecule has 0 saturated heterocycles. The Morgan fingerprint density at radius 2 is 2.14 bits per heavy atom. The number of carbonyl (C=O) groups is 1. The Morgan fingerprint density at radius 1 is 1.36 bits per heavy atom. The van der Waals surface area contributed by atoms with Gasteiger partial charge in [0, 0.05) is 24.1 Å². The molecule has 0 aliphatic carbocycles. The minimum Gasteiger partial charge on any atom is -0.350 e. The highest BCUT2D eigenvalue weighted by Gasteiger charge is 2.27. The van der Waals surface area contributed by atoms with Crippen LogP contribution in [0.25, 0.3) is 0 Å². The lowest BCUT2D eigenvalue weighted by atomic mass is 9.81. The monoisotopic (exact) mass is 315 g/mol. The zero-order chi connectivity index (χ0) is 15.6. The summed E-state index contributed by atoms with van der Waals surface area (Å²) >= 11 is 1.65. The molecule has 0 spiro atoms. The third kappa shape index (κ3) is 3.19. The average molecular weight is 315 g/mol. The molecule has 0 aromatic heterocycles. The molecule has 0 unspecified atom stereocenters. The number of hydrogen-bond acceptors (Lipinski definition) is 4. The van der Waals surface area contributed by atoms with Gasteiger partial charge in [-0.2, -0.15) is 0 Å². The van der Waals surface area contributed by atoms with Gasteiger partial charge < -0.3 is 10.2 Å². The Hall–Kier alpha value is -1.75. The van der Waals surface area contributed by atoms with Crippen molar-refractivity contribution in [1.29, 1.82) is 0 Å². The molecule has 2 aliphatic heterocycles. The third-order valence-corrected chi connectivity index (χ3v) is 5.02.